The van der Waals surface area contributed by atoms with Gasteiger partial charge in [-0.05, 0) is 48.9 Å². The Morgan fingerprint density at radius 1 is 1.18 bits per heavy atom. The van der Waals surface area contributed by atoms with Gasteiger partial charge in [-0.25, -0.2) is 0 Å². The van der Waals surface area contributed by atoms with E-state index in [0.717, 1.165) is 48.6 Å². The molecular formula is C21H26N6O. The number of aromatic nitrogens is 4. The van der Waals surface area contributed by atoms with E-state index in [1.165, 1.54) is 5.56 Å². The maximum absolute atomic E-state index is 12.9. The van der Waals surface area contributed by atoms with Gasteiger partial charge in [0.15, 0.2) is 5.65 Å². The van der Waals surface area contributed by atoms with E-state index < -0.39 is 0 Å². The summed E-state index contributed by atoms with van der Waals surface area (Å²) in [6.45, 7) is 7.98. The lowest BCUT2D eigenvalue weighted by Gasteiger charge is -2.32. The molecule has 2 aromatic heterocycles. The highest BCUT2D eigenvalue weighted by Crippen LogP contribution is 2.29. The van der Waals surface area contributed by atoms with Crippen molar-refractivity contribution in [3.05, 3.63) is 47.8 Å². The number of nitrogens with one attached hydrogen (secondary N) is 1. The lowest BCUT2D eigenvalue weighted by molar-refractivity contribution is -0.120. The van der Waals surface area contributed by atoms with Crippen molar-refractivity contribution in [1.29, 1.82) is 0 Å². The Bertz CT molecular complexity index is 987. The lowest BCUT2D eigenvalue weighted by atomic mass is 9.94. The Kier molecular flexibility index (Phi) is 4.98. The molecule has 0 unspecified atom stereocenters. The highest BCUT2D eigenvalue weighted by Gasteiger charge is 2.27. The average Bonchev–Trinajstić information content (AvgIpc) is 3.17. The van der Waals surface area contributed by atoms with Crippen LogP contribution in [-0.2, 0) is 4.79 Å². The van der Waals surface area contributed by atoms with Gasteiger partial charge in [0, 0.05) is 24.7 Å². The van der Waals surface area contributed by atoms with Crippen molar-refractivity contribution in [3.8, 4) is 0 Å². The van der Waals surface area contributed by atoms with Crippen molar-refractivity contribution < 1.29 is 4.79 Å². The number of rotatable bonds is 4. The molecule has 3 heterocycles. The number of nitrogens with zero attached hydrogens (tertiary/aromatic N) is 5. The molecule has 1 aromatic carbocycles. The maximum Gasteiger partial charge on any atom is 0.227 e. The second-order valence-corrected chi connectivity index (χ2v) is 7.77. The number of piperidine rings is 1. The number of benzene rings is 1. The normalized spacial score (nSPS) is 15.4. The van der Waals surface area contributed by atoms with E-state index in [2.05, 4.69) is 64.5 Å². The molecule has 1 aliphatic heterocycles. The minimum atomic E-state index is 0.0227. The van der Waals surface area contributed by atoms with Crippen molar-refractivity contribution in [2.75, 3.05) is 23.3 Å². The number of fused-ring (bicyclic) bond motifs is 1. The molecule has 146 valence electrons. The Morgan fingerprint density at radius 2 is 1.96 bits per heavy atom. The van der Waals surface area contributed by atoms with Crippen molar-refractivity contribution >= 4 is 23.1 Å². The summed E-state index contributed by atoms with van der Waals surface area (Å²) in [4.78, 5) is 15.1. The average molecular weight is 378 g/mol. The number of carbonyl (C=O) groups is 1. The Morgan fingerprint density at radius 3 is 2.71 bits per heavy atom. The van der Waals surface area contributed by atoms with Crippen LogP contribution in [0.2, 0.25) is 0 Å². The van der Waals surface area contributed by atoms with E-state index in [-0.39, 0.29) is 11.8 Å². The fraction of sp³-hybridized carbons (Fsp3) is 0.429. The maximum atomic E-state index is 12.9. The van der Waals surface area contributed by atoms with Gasteiger partial charge in [-0.15, -0.1) is 15.3 Å². The topological polar surface area (TPSA) is 75.4 Å². The summed E-state index contributed by atoms with van der Waals surface area (Å²) >= 11 is 0. The van der Waals surface area contributed by atoms with Crippen molar-refractivity contribution in [2.45, 2.75) is 39.5 Å². The molecular weight excluding hydrogens is 352 g/mol. The third kappa shape index (κ3) is 3.56. The third-order valence-corrected chi connectivity index (χ3v) is 5.51. The van der Waals surface area contributed by atoms with Gasteiger partial charge in [0.2, 0.25) is 5.91 Å². The predicted octanol–water partition coefficient (Wildman–Crippen LogP) is 3.41. The van der Waals surface area contributed by atoms with Crippen molar-refractivity contribution in [2.24, 2.45) is 5.92 Å². The number of carbonyl (C=O) groups excluding carboxylic acids is 1. The van der Waals surface area contributed by atoms with Gasteiger partial charge in [-0.2, -0.15) is 4.52 Å². The third-order valence-electron chi connectivity index (χ3n) is 5.51. The second kappa shape index (κ2) is 7.58. The zero-order valence-electron chi connectivity index (χ0n) is 16.6. The van der Waals surface area contributed by atoms with E-state index in [1.54, 1.807) is 10.8 Å². The van der Waals surface area contributed by atoms with Gasteiger partial charge < -0.3 is 10.2 Å². The van der Waals surface area contributed by atoms with Gasteiger partial charge in [0.1, 0.15) is 12.1 Å². The van der Waals surface area contributed by atoms with Crippen molar-refractivity contribution in [3.63, 3.8) is 0 Å². The fourth-order valence-corrected chi connectivity index (χ4v) is 3.83. The van der Waals surface area contributed by atoms with Gasteiger partial charge in [0.25, 0.3) is 0 Å². The standard InChI is InChI=1S/C21H26N6O/c1-14(2)17-6-4-5-15(3)20(17)23-21(28)16-9-11-26(12-10-16)19-8-7-18-24-22-13-27(18)25-19/h4-8,13-14,16H,9-12H2,1-3H3,(H,23,28). The highest BCUT2D eigenvalue weighted by molar-refractivity contribution is 5.94. The van der Waals surface area contributed by atoms with Gasteiger partial charge in [-0.1, -0.05) is 32.0 Å². The molecule has 0 aliphatic carbocycles. The second-order valence-electron chi connectivity index (χ2n) is 7.77. The number of aryl methyl sites for hydroxylation is 1. The van der Waals surface area contributed by atoms with E-state index in [0.29, 0.717) is 5.92 Å². The first kappa shape index (κ1) is 18.4. The SMILES string of the molecule is Cc1cccc(C(C)C)c1NC(=O)C1CCN(c2ccc3nncn3n2)CC1. The molecule has 28 heavy (non-hydrogen) atoms. The lowest BCUT2D eigenvalue weighted by Crippen LogP contribution is -2.39. The first-order valence-electron chi connectivity index (χ1n) is 9.85. The molecule has 0 bridgehead atoms. The van der Waals surface area contributed by atoms with Crippen molar-refractivity contribution in [1.82, 2.24) is 19.8 Å². The smallest absolute Gasteiger partial charge is 0.227 e. The Balaban J connectivity index is 1.42. The molecule has 1 fully saturated rings. The molecule has 1 saturated heterocycles. The van der Waals surface area contributed by atoms with Gasteiger partial charge in [-0.3, -0.25) is 4.79 Å². The summed E-state index contributed by atoms with van der Waals surface area (Å²) in [6.07, 6.45) is 3.24. The van der Waals surface area contributed by atoms with Crippen LogP contribution in [0.15, 0.2) is 36.7 Å². The number of para-hydroxylation sites is 1. The number of hydrogen-bond acceptors (Lipinski definition) is 5. The molecule has 7 heteroatoms. The van der Waals surface area contributed by atoms with Crippen LogP contribution < -0.4 is 10.2 Å². The zero-order valence-corrected chi connectivity index (χ0v) is 16.6. The molecule has 0 atom stereocenters. The minimum Gasteiger partial charge on any atom is -0.355 e. The Hall–Kier alpha value is -2.96. The van der Waals surface area contributed by atoms with Gasteiger partial charge >= 0.3 is 0 Å². The zero-order chi connectivity index (χ0) is 19.7. The van der Waals surface area contributed by atoms with Gasteiger partial charge in [0.05, 0.1) is 0 Å². The summed E-state index contributed by atoms with van der Waals surface area (Å²) in [5, 5.41) is 15.6. The monoisotopic (exact) mass is 378 g/mol. The van der Waals surface area contributed by atoms with E-state index in [1.807, 2.05) is 12.1 Å². The molecule has 7 nitrogen and oxygen atoms in total. The number of anilines is 2. The molecule has 1 aliphatic rings. The first-order valence-corrected chi connectivity index (χ1v) is 9.85. The largest absolute Gasteiger partial charge is 0.355 e. The van der Waals surface area contributed by atoms with Crippen LogP contribution in [0, 0.1) is 12.8 Å². The first-order chi connectivity index (χ1) is 13.5. The molecule has 4 rings (SSSR count). The molecule has 0 saturated carbocycles. The van der Waals surface area contributed by atoms with Crippen LogP contribution in [-0.4, -0.2) is 38.8 Å². The minimum absolute atomic E-state index is 0.0227. The highest BCUT2D eigenvalue weighted by atomic mass is 16.1. The van der Waals surface area contributed by atoms with Crippen LogP contribution in [0.25, 0.3) is 5.65 Å². The summed E-state index contributed by atoms with van der Waals surface area (Å²) in [7, 11) is 0. The van der Waals surface area contributed by atoms with Crippen LogP contribution in [0.1, 0.15) is 43.7 Å². The van der Waals surface area contributed by atoms with E-state index in [9.17, 15) is 4.79 Å². The summed E-state index contributed by atoms with van der Waals surface area (Å²) in [5.74, 6) is 1.41. The van der Waals surface area contributed by atoms with Crippen LogP contribution in [0.4, 0.5) is 11.5 Å². The number of hydrogen-bond donors (Lipinski definition) is 1. The summed E-state index contributed by atoms with van der Waals surface area (Å²) < 4.78 is 1.68. The molecule has 1 N–H and O–H groups in total. The molecule has 1 amide bonds. The van der Waals surface area contributed by atoms with Crippen LogP contribution >= 0.6 is 0 Å². The molecule has 0 radical (unpaired) electrons. The van der Waals surface area contributed by atoms with E-state index >= 15 is 0 Å². The van der Waals surface area contributed by atoms with E-state index in [4.69, 9.17) is 0 Å². The quantitative estimate of drug-likeness (QED) is 0.753. The molecule has 3 aromatic rings. The number of amides is 1. The summed E-state index contributed by atoms with van der Waals surface area (Å²) in [5.41, 5.74) is 4.02. The van der Waals surface area contributed by atoms with Crippen LogP contribution in [0.3, 0.4) is 0 Å². The molecule has 0 spiro atoms. The summed E-state index contributed by atoms with van der Waals surface area (Å²) in [6, 6.07) is 10.1. The predicted molar refractivity (Wildman–Crippen MR) is 110 cm³/mol. The Labute approximate surface area is 164 Å². The van der Waals surface area contributed by atoms with Crippen LogP contribution in [0.5, 0.6) is 0 Å². The fourth-order valence-electron chi connectivity index (χ4n) is 3.83.